The number of anilines is 2. The third kappa shape index (κ3) is 5.07. The molecule has 2 aromatic rings. The van der Waals surface area contributed by atoms with Gasteiger partial charge in [0.1, 0.15) is 6.04 Å². The number of carbonyl (C=O) groups is 3. The lowest BCUT2D eigenvalue weighted by Gasteiger charge is -2.19. The number of thioether (sulfide) groups is 1. The maximum Gasteiger partial charge on any atom is 0.316 e. The zero-order valence-corrected chi connectivity index (χ0v) is 16.1. The highest BCUT2D eigenvalue weighted by Gasteiger charge is 2.25. The average molecular weight is 391 g/mol. The van der Waals surface area contributed by atoms with Crippen molar-refractivity contribution in [2.45, 2.75) is 31.5 Å². The predicted octanol–water partition coefficient (Wildman–Crippen LogP) is 1.92. The Morgan fingerprint density at radius 1 is 1.33 bits per heavy atom. The lowest BCUT2D eigenvalue weighted by molar-refractivity contribution is -0.137. The Bertz CT molecular complexity index is 852. The summed E-state index contributed by atoms with van der Waals surface area (Å²) in [7, 11) is 1.29. The van der Waals surface area contributed by atoms with Crippen LogP contribution in [-0.4, -0.2) is 45.3 Å². The summed E-state index contributed by atoms with van der Waals surface area (Å²) >= 11 is 1.08. The van der Waals surface area contributed by atoms with Crippen molar-refractivity contribution in [1.82, 2.24) is 14.8 Å². The molecule has 3 N–H and O–H groups in total. The molecule has 0 saturated carbocycles. The highest BCUT2D eigenvalue weighted by atomic mass is 32.2. The normalized spacial score (nSPS) is 11.7. The van der Waals surface area contributed by atoms with Gasteiger partial charge in [-0.25, -0.2) is 0 Å². The van der Waals surface area contributed by atoms with E-state index in [2.05, 4.69) is 20.3 Å². The van der Waals surface area contributed by atoms with Crippen molar-refractivity contribution in [2.24, 2.45) is 0 Å². The quantitative estimate of drug-likeness (QED) is 0.397. The molecule has 2 rings (SSSR count). The fraction of sp³-hybridized carbons (Fsp3) is 0.353. The molecule has 9 nitrogen and oxygen atoms in total. The van der Waals surface area contributed by atoms with Gasteiger partial charge in [-0.15, -0.1) is 10.2 Å². The molecule has 1 amide bonds. The number of methoxy groups -OCH3 is 1. The Hall–Kier alpha value is -2.88. The van der Waals surface area contributed by atoms with Crippen molar-refractivity contribution in [1.29, 1.82) is 0 Å². The van der Waals surface area contributed by atoms with Crippen molar-refractivity contribution in [3.63, 3.8) is 0 Å². The molecular weight excluding hydrogens is 370 g/mol. The molecule has 1 aromatic heterocycles. The van der Waals surface area contributed by atoms with E-state index in [1.807, 2.05) is 6.92 Å². The Morgan fingerprint density at radius 3 is 2.70 bits per heavy atom. The molecule has 1 aromatic carbocycles. The summed E-state index contributed by atoms with van der Waals surface area (Å²) in [6, 6.07) is 5.99. The molecule has 0 aliphatic rings. The van der Waals surface area contributed by atoms with Gasteiger partial charge in [0.15, 0.2) is 10.9 Å². The number of benzene rings is 1. The van der Waals surface area contributed by atoms with Gasteiger partial charge in [0, 0.05) is 11.3 Å². The standard InChI is InChI=1S/C17H21N5O4S/c1-4-13(15(25)19-12-7-5-6-11(8-12)10(2)23)22-16(18)20-21-17(22)27-9-14(24)26-3/h5-8,13H,4,9H2,1-3H3,(H2,18,20)(H,19,25). The highest BCUT2D eigenvalue weighted by molar-refractivity contribution is 7.99. The second-order valence-corrected chi connectivity index (χ2v) is 6.57. The molecule has 0 fully saturated rings. The summed E-state index contributed by atoms with van der Waals surface area (Å²) in [4.78, 5) is 35.7. The largest absolute Gasteiger partial charge is 0.468 e. The van der Waals surface area contributed by atoms with Crippen LogP contribution in [0.15, 0.2) is 29.4 Å². The number of nitrogen functional groups attached to an aromatic ring is 1. The van der Waals surface area contributed by atoms with E-state index in [4.69, 9.17) is 5.73 Å². The predicted molar refractivity (Wildman–Crippen MR) is 102 cm³/mol. The highest BCUT2D eigenvalue weighted by Crippen LogP contribution is 2.26. The van der Waals surface area contributed by atoms with E-state index in [0.717, 1.165) is 11.8 Å². The number of nitrogens with two attached hydrogens (primary N) is 1. The average Bonchev–Trinajstić information content (AvgIpc) is 3.01. The van der Waals surface area contributed by atoms with Crippen LogP contribution in [0.4, 0.5) is 11.6 Å². The first-order chi connectivity index (χ1) is 12.9. The maximum atomic E-state index is 12.8. The van der Waals surface area contributed by atoms with Crippen LogP contribution in [0.5, 0.6) is 0 Å². The fourth-order valence-corrected chi connectivity index (χ4v) is 3.21. The first-order valence-electron chi connectivity index (χ1n) is 8.19. The number of carbonyl (C=O) groups excluding carboxylic acids is 3. The van der Waals surface area contributed by atoms with Gasteiger partial charge in [-0.2, -0.15) is 0 Å². The van der Waals surface area contributed by atoms with Crippen molar-refractivity contribution >= 4 is 41.1 Å². The van der Waals surface area contributed by atoms with E-state index in [9.17, 15) is 14.4 Å². The molecule has 0 spiro atoms. The molecule has 1 atom stereocenters. The van der Waals surface area contributed by atoms with Crippen LogP contribution in [-0.2, 0) is 14.3 Å². The van der Waals surface area contributed by atoms with Gasteiger partial charge in [-0.3, -0.25) is 19.0 Å². The lowest BCUT2D eigenvalue weighted by Crippen LogP contribution is -2.27. The number of hydrogen-bond donors (Lipinski definition) is 2. The SMILES string of the molecule is CCC(C(=O)Nc1cccc(C(C)=O)c1)n1c(N)nnc1SCC(=O)OC. The molecule has 10 heteroatoms. The summed E-state index contributed by atoms with van der Waals surface area (Å²) in [6.45, 7) is 3.28. The third-order valence-electron chi connectivity index (χ3n) is 3.78. The van der Waals surface area contributed by atoms with Gasteiger partial charge in [-0.1, -0.05) is 30.8 Å². The van der Waals surface area contributed by atoms with Gasteiger partial charge in [0.2, 0.25) is 11.9 Å². The molecule has 144 valence electrons. The Morgan fingerprint density at radius 2 is 2.07 bits per heavy atom. The minimum Gasteiger partial charge on any atom is -0.468 e. The molecule has 1 heterocycles. The number of esters is 1. The van der Waals surface area contributed by atoms with Gasteiger partial charge in [0.25, 0.3) is 0 Å². The first kappa shape index (κ1) is 20.4. The zero-order valence-electron chi connectivity index (χ0n) is 15.3. The molecule has 27 heavy (non-hydrogen) atoms. The monoisotopic (exact) mass is 391 g/mol. The molecule has 0 saturated heterocycles. The van der Waals surface area contributed by atoms with E-state index >= 15 is 0 Å². The molecule has 0 bridgehead atoms. The van der Waals surface area contributed by atoms with E-state index in [1.54, 1.807) is 24.3 Å². The number of hydrogen-bond acceptors (Lipinski definition) is 8. The van der Waals surface area contributed by atoms with Gasteiger partial charge < -0.3 is 15.8 Å². The molecule has 0 radical (unpaired) electrons. The van der Waals surface area contributed by atoms with Crippen LogP contribution in [0, 0.1) is 0 Å². The summed E-state index contributed by atoms with van der Waals surface area (Å²) in [5.41, 5.74) is 6.89. The summed E-state index contributed by atoms with van der Waals surface area (Å²) < 4.78 is 6.09. The van der Waals surface area contributed by atoms with Crippen LogP contribution < -0.4 is 11.1 Å². The van der Waals surface area contributed by atoms with Crippen molar-refractivity contribution in [3.05, 3.63) is 29.8 Å². The summed E-state index contributed by atoms with van der Waals surface area (Å²) in [5.74, 6) is -0.756. The van der Waals surface area contributed by atoms with Crippen LogP contribution in [0.3, 0.4) is 0 Å². The summed E-state index contributed by atoms with van der Waals surface area (Å²) in [6.07, 6.45) is 0.423. The van der Waals surface area contributed by atoms with E-state index in [1.165, 1.54) is 18.6 Å². The minimum atomic E-state index is -0.680. The Kier molecular flexibility index (Phi) is 6.94. The first-order valence-corrected chi connectivity index (χ1v) is 9.17. The molecule has 0 aliphatic carbocycles. The minimum absolute atomic E-state index is 0.0212. The van der Waals surface area contributed by atoms with Crippen LogP contribution in [0.2, 0.25) is 0 Å². The number of nitrogens with one attached hydrogen (secondary N) is 1. The smallest absolute Gasteiger partial charge is 0.316 e. The number of amides is 1. The van der Waals surface area contributed by atoms with E-state index in [0.29, 0.717) is 22.8 Å². The Balaban J connectivity index is 2.22. The van der Waals surface area contributed by atoms with Crippen LogP contribution in [0.25, 0.3) is 0 Å². The van der Waals surface area contributed by atoms with Crippen LogP contribution in [0.1, 0.15) is 36.7 Å². The second kappa shape index (κ2) is 9.17. The number of aromatic nitrogens is 3. The fourth-order valence-electron chi connectivity index (χ4n) is 2.39. The van der Waals surface area contributed by atoms with E-state index in [-0.39, 0.29) is 23.4 Å². The van der Waals surface area contributed by atoms with E-state index < -0.39 is 12.0 Å². The zero-order chi connectivity index (χ0) is 20.0. The van der Waals surface area contributed by atoms with Gasteiger partial charge in [0.05, 0.1) is 12.9 Å². The molecule has 0 aliphatic heterocycles. The number of rotatable bonds is 8. The van der Waals surface area contributed by atoms with Crippen molar-refractivity contribution in [2.75, 3.05) is 23.9 Å². The number of ketones is 1. The summed E-state index contributed by atoms with van der Waals surface area (Å²) in [5, 5.41) is 10.9. The topological polar surface area (TPSA) is 129 Å². The maximum absolute atomic E-state index is 12.8. The van der Waals surface area contributed by atoms with Crippen LogP contribution >= 0.6 is 11.8 Å². The van der Waals surface area contributed by atoms with Gasteiger partial charge in [-0.05, 0) is 25.5 Å². The van der Waals surface area contributed by atoms with Crippen molar-refractivity contribution < 1.29 is 19.1 Å². The third-order valence-corrected chi connectivity index (χ3v) is 4.69. The lowest BCUT2D eigenvalue weighted by atomic mass is 10.1. The molecular formula is C17H21N5O4S. The number of nitrogens with zero attached hydrogens (tertiary/aromatic N) is 3. The number of Topliss-reactive ketones (excluding diaryl/α,β-unsaturated/α-hetero) is 1. The second-order valence-electron chi connectivity index (χ2n) is 5.63. The van der Waals surface area contributed by atoms with Gasteiger partial charge >= 0.3 is 5.97 Å². The Labute approximate surface area is 160 Å². The number of ether oxygens (including phenoxy) is 1. The molecule has 1 unspecified atom stereocenters. The van der Waals surface area contributed by atoms with Crippen molar-refractivity contribution in [3.8, 4) is 0 Å².